The molecule has 0 saturated heterocycles. The standard InChI is InChI=1S/C15H18N4O/c1-2-3-8-19-12(9-20)18-13-14(19)10-6-4-5-7-11(10)17-15(13)16/h4-7,20H,2-3,8-9H2,1H3,(H2,16,17). The number of aliphatic hydroxyl groups excluding tert-OH is 1. The second-order valence-corrected chi connectivity index (χ2v) is 4.90. The third-order valence-electron chi connectivity index (χ3n) is 3.57. The number of anilines is 1. The lowest BCUT2D eigenvalue weighted by molar-refractivity contribution is 0.265. The fourth-order valence-electron chi connectivity index (χ4n) is 2.58. The summed E-state index contributed by atoms with van der Waals surface area (Å²) in [4.78, 5) is 8.85. The molecule has 3 aromatic rings. The van der Waals surface area contributed by atoms with Crippen LogP contribution in [0.1, 0.15) is 25.6 Å². The van der Waals surface area contributed by atoms with E-state index < -0.39 is 0 Å². The Kier molecular flexibility index (Phi) is 3.28. The molecule has 0 aliphatic carbocycles. The number of imidazole rings is 1. The lowest BCUT2D eigenvalue weighted by Gasteiger charge is -2.09. The number of aliphatic hydroxyl groups is 1. The molecule has 0 spiro atoms. The van der Waals surface area contributed by atoms with Gasteiger partial charge < -0.3 is 15.4 Å². The Morgan fingerprint density at radius 2 is 2.05 bits per heavy atom. The van der Waals surface area contributed by atoms with Crippen molar-refractivity contribution in [2.45, 2.75) is 32.9 Å². The van der Waals surface area contributed by atoms with Gasteiger partial charge in [0.2, 0.25) is 0 Å². The molecule has 0 aliphatic rings. The zero-order chi connectivity index (χ0) is 14.1. The second-order valence-electron chi connectivity index (χ2n) is 4.90. The summed E-state index contributed by atoms with van der Waals surface area (Å²) in [7, 11) is 0. The highest BCUT2D eigenvalue weighted by Crippen LogP contribution is 2.29. The summed E-state index contributed by atoms with van der Waals surface area (Å²) in [6.45, 7) is 2.88. The molecular weight excluding hydrogens is 252 g/mol. The van der Waals surface area contributed by atoms with Gasteiger partial charge >= 0.3 is 0 Å². The topological polar surface area (TPSA) is 77.0 Å². The molecule has 5 heteroatoms. The van der Waals surface area contributed by atoms with E-state index in [9.17, 15) is 5.11 Å². The van der Waals surface area contributed by atoms with Crippen molar-refractivity contribution in [1.29, 1.82) is 0 Å². The summed E-state index contributed by atoms with van der Waals surface area (Å²) in [6, 6.07) is 7.89. The van der Waals surface area contributed by atoms with Crippen LogP contribution < -0.4 is 5.73 Å². The summed E-state index contributed by atoms with van der Waals surface area (Å²) in [5.74, 6) is 1.07. The molecule has 0 radical (unpaired) electrons. The first kappa shape index (κ1) is 12.9. The number of hydrogen-bond donors (Lipinski definition) is 2. The van der Waals surface area contributed by atoms with Crippen molar-refractivity contribution >= 4 is 27.8 Å². The molecule has 0 saturated carbocycles. The maximum Gasteiger partial charge on any atom is 0.152 e. The first-order valence-corrected chi connectivity index (χ1v) is 6.90. The van der Waals surface area contributed by atoms with Crippen LogP contribution in [-0.2, 0) is 13.2 Å². The second kappa shape index (κ2) is 5.09. The molecule has 3 N–H and O–H groups in total. The molecule has 0 aliphatic heterocycles. The van der Waals surface area contributed by atoms with Gasteiger partial charge in [0.05, 0.1) is 11.0 Å². The number of aryl methyl sites for hydroxylation is 1. The van der Waals surface area contributed by atoms with E-state index in [4.69, 9.17) is 5.73 Å². The highest BCUT2D eigenvalue weighted by Gasteiger charge is 2.16. The van der Waals surface area contributed by atoms with Crippen LogP contribution in [0.3, 0.4) is 0 Å². The molecule has 20 heavy (non-hydrogen) atoms. The number of nitrogen functional groups attached to an aromatic ring is 1. The molecule has 0 bridgehead atoms. The zero-order valence-electron chi connectivity index (χ0n) is 11.5. The molecular formula is C15H18N4O. The number of aromatic nitrogens is 3. The Labute approximate surface area is 117 Å². The van der Waals surface area contributed by atoms with Crippen molar-refractivity contribution in [2.75, 3.05) is 5.73 Å². The van der Waals surface area contributed by atoms with Crippen molar-refractivity contribution in [3.63, 3.8) is 0 Å². The molecule has 0 atom stereocenters. The summed E-state index contributed by atoms with van der Waals surface area (Å²) in [5, 5.41) is 10.6. The van der Waals surface area contributed by atoms with Crippen LogP contribution in [0.15, 0.2) is 24.3 Å². The van der Waals surface area contributed by atoms with Gasteiger partial charge in [-0.3, -0.25) is 0 Å². The predicted octanol–water partition coefficient (Wildman–Crippen LogP) is 2.46. The highest BCUT2D eigenvalue weighted by molar-refractivity contribution is 6.06. The van der Waals surface area contributed by atoms with Crippen LogP contribution in [0.25, 0.3) is 21.9 Å². The molecule has 0 amide bonds. The van der Waals surface area contributed by atoms with Gasteiger partial charge in [-0.2, -0.15) is 0 Å². The number of unbranched alkanes of at least 4 members (excludes halogenated alkanes) is 1. The summed E-state index contributed by atoms with van der Waals surface area (Å²) in [5.41, 5.74) is 8.54. The average molecular weight is 270 g/mol. The number of benzene rings is 1. The first-order chi connectivity index (χ1) is 9.76. The van der Waals surface area contributed by atoms with E-state index in [2.05, 4.69) is 21.5 Å². The lowest BCUT2D eigenvalue weighted by atomic mass is 10.2. The summed E-state index contributed by atoms with van der Waals surface area (Å²) < 4.78 is 2.07. The lowest BCUT2D eigenvalue weighted by Crippen LogP contribution is -2.04. The molecule has 1 aromatic carbocycles. The van der Waals surface area contributed by atoms with Crippen LogP contribution >= 0.6 is 0 Å². The predicted molar refractivity (Wildman–Crippen MR) is 80.3 cm³/mol. The number of nitrogens with two attached hydrogens (primary N) is 1. The Hall–Kier alpha value is -2.14. The molecule has 2 aromatic heterocycles. The van der Waals surface area contributed by atoms with Crippen molar-refractivity contribution in [3.8, 4) is 0 Å². The largest absolute Gasteiger partial charge is 0.388 e. The van der Waals surface area contributed by atoms with Crippen LogP contribution in [0.2, 0.25) is 0 Å². The number of pyridine rings is 1. The minimum atomic E-state index is -0.0911. The SMILES string of the molecule is CCCCn1c(CO)nc2c(N)nc3ccccc3c21. The molecule has 104 valence electrons. The molecule has 5 nitrogen and oxygen atoms in total. The maximum atomic E-state index is 9.54. The quantitative estimate of drug-likeness (QED) is 0.763. The minimum absolute atomic E-state index is 0.0911. The van der Waals surface area contributed by atoms with Gasteiger partial charge in [-0.25, -0.2) is 9.97 Å². The van der Waals surface area contributed by atoms with E-state index in [1.54, 1.807) is 0 Å². The van der Waals surface area contributed by atoms with E-state index >= 15 is 0 Å². The fourth-order valence-corrected chi connectivity index (χ4v) is 2.58. The van der Waals surface area contributed by atoms with Crippen LogP contribution in [0.4, 0.5) is 5.82 Å². The maximum absolute atomic E-state index is 9.54. The van der Waals surface area contributed by atoms with Gasteiger partial charge in [0.15, 0.2) is 5.82 Å². The smallest absolute Gasteiger partial charge is 0.152 e. The average Bonchev–Trinajstić information content (AvgIpc) is 2.84. The van der Waals surface area contributed by atoms with Crippen LogP contribution in [-0.4, -0.2) is 19.6 Å². The van der Waals surface area contributed by atoms with E-state index in [-0.39, 0.29) is 6.61 Å². The zero-order valence-corrected chi connectivity index (χ0v) is 11.5. The third-order valence-corrected chi connectivity index (χ3v) is 3.57. The van der Waals surface area contributed by atoms with Crippen molar-refractivity contribution < 1.29 is 5.11 Å². The normalized spacial score (nSPS) is 11.5. The molecule has 0 unspecified atom stereocenters. The van der Waals surface area contributed by atoms with Gasteiger partial charge in [0.1, 0.15) is 17.9 Å². The van der Waals surface area contributed by atoms with Crippen molar-refractivity contribution in [2.24, 2.45) is 0 Å². The number of fused-ring (bicyclic) bond motifs is 3. The Bertz CT molecular complexity index is 763. The van der Waals surface area contributed by atoms with Gasteiger partial charge in [-0.15, -0.1) is 0 Å². The minimum Gasteiger partial charge on any atom is -0.388 e. The van der Waals surface area contributed by atoms with Gasteiger partial charge in [-0.1, -0.05) is 31.5 Å². The summed E-state index contributed by atoms with van der Waals surface area (Å²) in [6.07, 6.45) is 2.12. The third kappa shape index (κ3) is 1.91. The molecule has 3 rings (SSSR count). The van der Waals surface area contributed by atoms with Gasteiger partial charge in [0.25, 0.3) is 0 Å². The van der Waals surface area contributed by atoms with Crippen LogP contribution in [0.5, 0.6) is 0 Å². The Balaban J connectivity index is 2.38. The number of rotatable bonds is 4. The van der Waals surface area contributed by atoms with E-state index in [0.29, 0.717) is 17.2 Å². The molecule has 0 fully saturated rings. The number of para-hydroxylation sites is 1. The highest BCUT2D eigenvalue weighted by atomic mass is 16.3. The van der Waals surface area contributed by atoms with Gasteiger partial charge in [-0.05, 0) is 12.5 Å². The van der Waals surface area contributed by atoms with Gasteiger partial charge in [0, 0.05) is 11.9 Å². The fraction of sp³-hybridized carbons (Fsp3) is 0.333. The van der Waals surface area contributed by atoms with E-state index in [0.717, 1.165) is 35.8 Å². The Morgan fingerprint density at radius 1 is 1.25 bits per heavy atom. The summed E-state index contributed by atoms with van der Waals surface area (Å²) >= 11 is 0. The number of hydrogen-bond acceptors (Lipinski definition) is 4. The molecule has 2 heterocycles. The first-order valence-electron chi connectivity index (χ1n) is 6.90. The van der Waals surface area contributed by atoms with E-state index in [1.165, 1.54) is 0 Å². The van der Waals surface area contributed by atoms with Crippen molar-refractivity contribution in [3.05, 3.63) is 30.1 Å². The van der Waals surface area contributed by atoms with Crippen molar-refractivity contribution in [1.82, 2.24) is 14.5 Å². The Morgan fingerprint density at radius 3 is 2.80 bits per heavy atom. The number of nitrogens with zero attached hydrogens (tertiary/aromatic N) is 3. The van der Waals surface area contributed by atoms with Crippen LogP contribution in [0, 0.1) is 0 Å². The monoisotopic (exact) mass is 270 g/mol. The van der Waals surface area contributed by atoms with E-state index in [1.807, 2.05) is 24.3 Å².